The van der Waals surface area contributed by atoms with Gasteiger partial charge in [-0.25, -0.2) is 4.79 Å². The number of aliphatic hydroxyl groups excluding tert-OH is 5. The highest BCUT2D eigenvalue weighted by atomic mass is 16.7. The van der Waals surface area contributed by atoms with Crippen molar-refractivity contribution >= 4 is 12.0 Å². The van der Waals surface area contributed by atoms with Crippen LogP contribution in [0.4, 0.5) is 0 Å². The molecule has 4 rings (SSSR count). The standard InChI is InChI=1S/C31H40O15/c1-15-24(36)25(37)26(38)31(43-15)46-29-27(39)30(42-11-10-17-5-8-21(41-3)19(34)13-17)44-22(14-32)28(29)45-23(35)9-6-16-4-7-20(40-2)18(33)12-16/h4-9,12-13,15,22,24-34,36-39H,10-11,14H2,1-3H3/t15-,22+,24-,25+,26-,27-,28+,29+,30-,31+/m0/s1. The van der Waals surface area contributed by atoms with Crippen molar-refractivity contribution in [3.8, 4) is 23.0 Å². The summed E-state index contributed by atoms with van der Waals surface area (Å²) in [5, 5.41) is 72.5. The molecule has 0 amide bonds. The Balaban J connectivity index is 1.52. The van der Waals surface area contributed by atoms with Crippen LogP contribution in [0, 0.1) is 0 Å². The van der Waals surface area contributed by atoms with Crippen molar-refractivity contribution in [1.29, 1.82) is 0 Å². The third-order valence-corrected chi connectivity index (χ3v) is 7.68. The fourth-order valence-electron chi connectivity index (χ4n) is 5.09. The Hall–Kier alpha value is -3.51. The molecule has 0 bridgehead atoms. The van der Waals surface area contributed by atoms with E-state index in [2.05, 4.69) is 0 Å². The number of aromatic hydroxyl groups is 2. The molecule has 0 spiro atoms. The number of phenolic OH excluding ortho intramolecular Hbond substituents is 2. The number of hydrogen-bond donors (Lipinski definition) is 7. The molecule has 2 heterocycles. The SMILES string of the molecule is COc1ccc(C=CC(=O)O[C@H]2[C@H](O[C@H]3O[C@@H](C)[C@H](O)[C@@H](O)[C@@H]3O)[C@H](O)[C@@H](OCCc3ccc(OC)c(O)c3)O[C@@H]2CO)cc1O. The van der Waals surface area contributed by atoms with Crippen molar-refractivity contribution in [1.82, 2.24) is 0 Å². The lowest BCUT2D eigenvalue weighted by Gasteiger charge is -2.46. The molecule has 46 heavy (non-hydrogen) atoms. The normalized spacial score (nSPS) is 31.5. The minimum Gasteiger partial charge on any atom is -0.504 e. The van der Waals surface area contributed by atoms with Crippen LogP contribution in [-0.4, -0.2) is 131 Å². The number of methoxy groups -OCH3 is 2. The zero-order valence-corrected chi connectivity index (χ0v) is 25.4. The van der Waals surface area contributed by atoms with Gasteiger partial charge in [-0.1, -0.05) is 12.1 Å². The van der Waals surface area contributed by atoms with Crippen molar-refractivity contribution in [3.63, 3.8) is 0 Å². The number of aliphatic hydroxyl groups is 5. The van der Waals surface area contributed by atoms with Crippen LogP contribution in [0.2, 0.25) is 0 Å². The highest BCUT2D eigenvalue weighted by Crippen LogP contribution is 2.32. The third-order valence-electron chi connectivity index (χ3n) is 7.68. The van der Waals surface area contributed by atoms with E-state index in [-0.39, 0.29) is 36.0 Å². The van der Waals surface area contributed by atoms with Gasteiger partial charge in [0.25, 0.3) is 0 Å². The molecule has 0 unspecified atom stereocenters. The Bertz CT molecular complexity index is 1340. The second kappa shape index (κ2) is 15.9. The molecule has 2 aliphatic rings. The highest BCUT2D eigenvalue weighted by molar-refractivity contribution is 5.87. The fraction of sp³-hybridized carbons (Fsp3) is 0.516. The molecule has 0 aromatic heterocycles. The first-order valence-corrected chi connectivity index (χ1v) is 14.5. The fourth-order valence-corrected chi connectivity index (χ4v) is 5.09. The van der Waals surface area contributed by atoms with Crippen LogP contribution in [0.5, 0.6) is 23.0 Å². The van der Waals surface area contributed by atoms with Crippen LogP contribution < -0.4 is 9.47 Å². The Morgan fingerprint density at radius 1 is 0.848 bits per heavy atom. The van der Waals surface area contributed by atoms with E-state index in [0.29, 0.717) is 11.1 Å². The smallest absolute Gasteiger partial charge is 0.331 e. The van der Waals surface area contributed by atoms with E-state index in [9.17, 15) is 40.5 Å². The van der Waals surface area contributed by atoms with Crippen molar-refractivity contribution in [2.24, 2.45) is 0 Å². The maximum absolute atomic E-state index is 12.9. The van der Waals surface area contributed by atoms with Crippen molar-refractivity contribution in [2.75, 3.05) is 27.4 Å². The summed E-state index contributed by atoms with van der Waals surface area (Å²) in [4.78, 5) is 12.9. The van der Waals surface area contributed by atoms with Crippen LogP contribution in [-0.2, 0) is 34.9 Å². The van der Waals surface area contributed by atoms with Crippen molar-refractivity contribution in [3.05, 3.63) is 53.6 Å². The molecule has 10 atom stereocenters. The van der Waals surface area contributed by atoms with Gasteiger partial charge in [0.15, 0.2) is 41.7 Å². The molecular formula is C31H40O15. The topological polar surface area (TPSA) is 223 Å². The number of benzene rings is 2. The summed E-state index contributed by atoms with van der Waals surface area (Å²) in [5.74, 6) is -0.637. The molecular weight excluding hydrogens is 612 g/mol. The molecule has 15 nitrogen and oxygen atoms in total. The first kappa shape index (κ1) is 35.3. The summed E-state index contributed by atoms with van der Waals surface area (Å²) >= 11 is 0. The molecule has 0 saturated carbocycles. The Morgan fingerprint density at radius 2 is 1.52 bits per heavy atom. The molecule has 254 valence electrons. The monoisotopic (exact) mass is 652 g/mol. The van der Waals surface area contributed by atoms with E-state index in [4.69, 9.17) is 33.2 Å². The molecule has 2 saturated heterocycles. The van der Waals surface area contributed by atoms with E-state index in [1.54, 1.807) is 18.2 Å². The summed E-state index contributed by atoms with van der Waals surface area (Å²) in [6.07, 6.45) is -12.1. The van der Waals surface area contributed by atoms with Gasteiger partial charge in [-0.3, -0.25) is 0 Å². The number of rotatable bonds is 12. The van der Waals surface area contributed by atoms with Crippen LogP contribution in [0.15, 0.2) is 42.5 Å². The molecule has 7 N–H and O–H groups in total. The van der Waals surface area contributed by atoms with Gasteiger partial charge in [0.1, 0.15) is 36.6 Å². The van der Waals surface area contributed by atoms with E-state index in [1.165, 1.54) is 45.4 Å². The zero-order chi connectivity index (χ0) is 33.5. The van der Waals surface area contributed by atoms with Crippen LogP contribution in [0.3, 0.4) is 0 Å². The average Bonchev–Trinajstić information content (AvgIpc) is 3.04. The highest BCUT2D eigenvalue weighted by Gasteiger charge is 2.52. The maximum atomic E-state index is 12.9. The van der Waals surface area contributed by atoms with Crippen LogP contribution in [0.1, 0.15) is 18.1 Å². The average molecular weight is 653 g/mol. The van der Waals surface area contributed by atoms with Gasteiger partial charge in [-0.05, 0) is 54.8 Å². The zero-order valence-electron chi connectivity index (χ0n) is 25.4. The summed E-state index contributed by atoms with van der Waals surface area (Å²) in [6, 6.07) is 9.21. The third kappa shape index (κ3) is 8.25. The Labute approximate surface area is 264 Å². The summed E-state index contributed by atoms with van der Waals surface area (Å²) in [5.41, 5.74) is 1.11. The summed E-state index contributed by atoms with van der Waals surface area (Å²) in [7, 11) is 2.81. The second-order valence-corrected chi connectivity index (χ2v) is 10.8. The molecule has 0 aliphatic carbocycles. The number of esters is 1. The molecule has 2 aromatic rings. The van der Waals surface area contributed by atoms with E-state index >= 15 is 0 Å². The second-order valence-electron chi connectivity index (χ2n) is 10.8. The quantitative estimate of drug-likeness (QED) is 0.114. The summed E-state index contributed by atoms with van der Waals surface area (Å²) in [6.45, 7) is 0.707. The lowest BCUT2D eigenvalue weighted by atomic mass is 9.97. The number of hydrogen-bond acceptors (Lipinski definition) is 15. The molecule has 2 aliphatic heterocycles. The van der Waals surface area contributed by atoms with Crippen molar-refractivity contribution < 1.29 is 73.7 Å². The lowest BCUT2D eigenvalue weighted by Crippen LogP contribution is -2.65. The summed E-state index contributed by atoms with van der Waals surface area (Å²) < 4.78 is 38.5. The minimum atomic E-state index is -1.75. The van der Waals surface area contributed by atoms with Crippen LogP contribution in [0.25, 0.3) is 6.08 Å². The number of ether oxygens (including phenoxy) is 7. The molecule has 2 fully saturated rings. The molecule has 15 heteroatoms. The first-order valence-electron chi connectivity index (χ1n) is 14.5. The Kier molecular flexibility index (Phi) is 12.2. The van der Waals surface area contributed by atoms with Crippen LogP contribution >= 0.6 is 0 Å². The number of carbonyl (C=O) groups excluding carboxylic acids is 1. The predicted octanol–water partition coefficient (Wildman–Crippen LogP) is -0.410. The molecule has 2 aromatic carbocycles. The molecule has 0 radical (unpaired) electrons. The van der Waals surface area contributed by atoms with Crippen molar-refractivity contribution in [2.45, 2.75) is 74.8 Å². The largest absolute Gasteiger partial charge is 0.504 e. The van der Waals surface area contributed by atoms with E-state index in [0.717, 1.165) is 6.08 Å². The van der Waals surface area contributed by atoms with Gasteiger partial charge < -0.3 is 68.9 Å². The van der Waals surface area contributed by atoms with Gasteiger partial charge >= 0.3 is 5.97 Å². The first-order chi connectivity index (χ1) is 22.0. The van der Waals surface area contributed by atoms with Gasteiger partial charge in [-0.2, -0.15) is 0 Å². The maximum Gasteiger partial charge on any atom is 0.331 e. The van der Waals surface area contributed by atoms with Gasteiger partial charge in [-0.15, -0.1) is 0 Å². The number of phenols is 2. The Morgan fingerprint density at radius 3 is 2.15 bits per heavy atom. The number of carbonyl (C=O) groups is 1. The van der Waals surface area contributed by atoms with Gasteiger partial charge in [0.2, 0.25) is 0 Å². The van der Waals surface area contributed by atoms with E-state index < -0.39 is 74.0 Å². The predicted molar refractivity (Wildman–Crippen MR) is 157 cm³/mol. The lowest BCUT2D eigenvalue weighted by molar-refractivity contribution is -0.357. The minimum absolute atomic E-state index is 0.0231. The van der Waals surface area contributed by atoms with Gasteiger partial charge in [0, 0.05) is 6.08 Å². The van der Waals surface area contributed by atoms with E-state index in [1.807, 2.05) is 0 Å². The van der Waals surface area contributed by atoms with Gasteiger partial charge in [0.05, 0.1) is 33.5 Å².